The van der Waals surface area contributed by atoms with Crippen molar-refractivity contribution >= 4 is 28.4 Å². The zero-order valence-electron chi connectivity index (χ0n) is 20.0. The second-order valence-corrected chi connectivity index (χ2v) is 8.56. The summed E-state index contributed by atoms with van der Waals surface area (Å²) in [6, 6.07) is 5.66. The van der Waals surface area contributed by atoms with Crippen LogP contribution in [0.2, 0.25) is 0 Å². The number of aromatic amines is 1. The lowest BCUT2D eigenvalue weighted by molar-refractivity contribution is 0.0305. The first-order valence-electron chi connectivity index (χ1n) is 11.8. The van der Waals surface area contributed by atoms with Gasteiger partial charge in [-0.1, -0.05) is 6.07 Å². The Morgan fingerprint density at radius 1 is 1.20 bits per heavy atom. The number of allylic oxidation sites excluding steroid dienone is 1. The number of rotatable bonds is 8. The zero-order valence-corrected chi connectivity index (χ0v) is 20.0. The van der Waals surface area contributed by atoms with Crippen LogP contribution in [-0.4, -0.2) is 88.7 Å². The number of fused-ring (bicyclic) bond motifs is 2. The molecular formula is C25H30N6O4. The van der Waals surface area contributed by atoms with Gasteiger partial charge in [0.05, 0.1) is 42.5 Å². The molecule has 0 unspecified atom stereocenters. The van der Waals surface area contributed by atoms with E-state index in [1.54, 1.807) is 4.52 Å². The van der Waals surface area contributed by atoms with Gasteiger partial charge in [0.1, 0.15) is 19.0 Å². The van der Waals surface area contributed by atoms with Gasteiger partial charge in [0.15, 0.2) is 5.69 Å². The van der Waals surface area contributed by atoms with Crippen molar-refractivity contribution in [1.29, 1.82) is 5.41 Å². The van der Waals surface area contributed by atoms with Crippen LogP contribution in [0.4, 0.5) is 5.69 Å². The van der Waals surface area contributed by atoms with Crippen molar-refractivity contribution < 1.29 is 19.3 Å². The van der Waals surface area contributed by atoms with Crippen LogP contribution in [-0.2, 0) is 9.47 Å². The number of morpholine rings is 1. The quantitative estimate of drug-likeness (QED) is 0.458. The molecule has 4 heterocycles. The standard InChI is InChI=1S/C25H30N6O4/c1-16-17(2)27-24-20(34-13-9-30-7-11-33-12-8-30)15-18(22(26)21(16)24)28-23-19-5-3-4-6-31(19)29-25(23)35-14-10-32/h3-6,15,26-27,32H,7-14H2,1-2H3/b26-22?,28-18-. The van der Waals surface area contributed by atoms with Gasteiger partial charge < -0.3 is 24.3 Å². The number of aromatic nitrogens is 3. The second-order valence-electron chi connectivity index (χ2n) is 8.56. The van der Waals surface area contributed by atoms with Gasteiger partial charge in [-0.3, -0.25) is 10.3 Å². The van der Waals surface area contributed by atoms with E-state index in [-0.39, 0.29) is 13.2 Å². The van der Waals surface area contributed by atoms with Gasteiger partial charge in [0, 0.05) is 43.2 Å². The molecule has 3 aromatic heterocycles. The molecule has 0 atom stereocenters. The molecule has 1 aliphatic carbocycles. The minimum atomic E-state index is -0.133. The average Bonchev–Trinajstić information content (AvgIpc) is 3.38. The van der Waals surface area contributed by atoms with Crippen LogP contribution in [0.1, 0.15) is 22.5 Å². The molecule has 0 aromatic carbocycles. The fourth-order valence-electron chi connectivity index (χ4n) is 4.35. The second kappa shape index (κ2) is 10.0. The number of H-pyrrole nitrogens is 1. The van der Waals surface area contributed by atoms with Gasteiger partial charge in [-0.2, -0.15) is 0 Å². The van der Waals surface area contributed by atoms with E-state index in [0.29, 0.717) is 35.4 Å². The summed E-state index contributed by atoms with van der Waals surface area (Å²) < 4.78 is 19.0. The molecular weight excluding hydrogens is 448 g/mol. The molecule has 10 heteroatoms. The fourth-order valence-corrected chi connectivity index (χ4v) is 4.35. The number of nitrogens with zero attached hydrogens (tertiary/aromatic N) is 4. The predicted molar refractivity (Wildman–Crippen MR) is 133 cm³/mol. The Morgan fingerprint density at radius 3 is 2.83 bits per heavy atom. The SMILES string of the molecule is Cc1[nH]c2c(c1C)C(=N)/C(=N\c1c(OCCO)nn3ccccc13)C=C2OCCN1CCOCC1. The number of hydrogen-bond acceptors (Lipinski definition) is 8. The number of aliphatic hydroxyl groups excluding tert-OH is 1. The number of hydrogen-bond donors (Lipinski definition) is 3. The summed E-state index contributed by atoms with van der Waals surface area (Å²) in [6.07, 6.45) is 3.62. The van der Waals surface area contributed by atoms with E-state index in [1.807, 2.05) is 44.3 Å². The van der Waals surface area contributed by atoms with Gasteiger partial charge in [-0.25, -0.2) is 9.51 Å². The Bertz CT molecular complexity index is 1300. The Labute approximate surface area is 203 Å². The maximum Gasteiger partial charge on any atom is 0.260 e. The fraction of sp³-hybridized carbons (Fsp3) is 0.400. The average molecular weight is 479 g/mol. The Morgan fingerprint density at radius 2 is 2.03 bits per heavy atom. The Balaban J connectivity index is 1.51. The maximum absolute atomic E-state index is 9.24. The Hall–Kier alpha value is -3.47. The van der Waals surface area contributed by atoms with Crippen molar-refractivity contribution in [1.82, 2.24) is 19.5 Å². The summed E-state index contributed by atoms with van der Waals surface area (Å²) in [6.45, 7) is 8.57. The monoisotopic (exact) mass is 478 g/mol. The van der Waals surface area contributed by atoms with E-state index in [9.17, 15) is 5.11 Å². The summed E-state index contributed by atoms with van der Waals surface area (Å²) in [4.78, 5) is 10.6. The summed E-state index contributed by atoms with van der Waals surface area (Å²) in [5.74, 6) is 0.968. The predicted octanol–water partition coefficient (Wildman–Crippen LogP) is 2.49. The molecule has 0 bridgehead atoms. The van der Waals surface area contributed by atoms with Crippen molar-refractivity contribution in [2.75, 3.05) is 52.7 Å². The lowest BCUT2D eigenvalue weighted by Gasteiger charge is -2.27. The van der Waals surface area contributed by atoms with Crippen LogP contribution in [0.5, 0.6) is 5.88 Å². The highest BCUT2D eigenvalue weighted by atomic mass is 16.5. The van der Waals surface area contributed by atoms with Gasteiger partial charge in [-0.15, -0.1) is 5.10 Å². The van der Waals surface area contributed by atoms with Crippen LogP contribution in [0.25, 0.3) is 11.3 Å². The minimum absolute atomic E-state index is 0.102. The van der Waals surface area contributed by atoms with Crippen LogP contribution >= 0.6 is 0 Å². The smallest absolute Gasteiger partial charge is 0.260 e. The number of nitrogens with one attached hydrogen (secondary N) is 2. The van der Waals surface area contributed by atoms with Crippen molar-refractivity contribution in [3.63, 3.8) is 0 Å². The number of aryl methyl sites for hydroxylation is 1. The minimum Gasteiger partial charge on any atom is -0.490 e. The first-order valence-corrected chi connectivity index (χ1v) is 11.8. The topological polar surface area (TPSA) is 120 Å². The molecule has 0 radical (unpaired) electrons. The lowest BCUT2D eigenvalue weighted by Crippen LogP contribution is -2.38. The molecule has 0 saturated carbocycles. The summed E-state index contributed by atoms with van der Waals surface area (Å²) in [7, 11) is 0. The zero-order chi connectivity index (χ0) is 24.4. The third-order valence-electron chi connectivity index (χ3n) is 6.33. The van der Waals surface area contributed by atoms with E-state index in [1.165, 1.54) is 0 Å². The third-order valence-corrected chi connectivity index (χ3v) is 6.33. The number of pyridine rings is 1. The summed E-state index contributed by atoms with van der Waals surface area (Å²) in [5, 5.41) is 22.6. The van der Waals surface area contributed by atoms with Crippen LogP contribution in [0.15, 0.2) is 35.5 Å². The molecule has 3 aromatic rings. The van der Waals surface area contributed by atoms with Gasteiger partial charge in [0.25, 0.3) is 5.88 Å². The molecule has 0 amide bonds. The van der Waals surface area contributed by atoms with Crippen LogP contribution in [0.3, 0.4) is 0 Å². The lowest BCUT2D eigenvalue weighted by atomic mass is 9.95. The normalized spacial score (nSPS) is 17.6. The summed E-state index contributed by atoms with van der Waals surface area (Å²) in [5.41, 5.74) is 5.62. The molecule has 3 N–H and O–H groups in total. The largest absolute Gasteiger partial charge is 0.490 e. The number of aliphatic imine (C=N–C) groups is 1. The molecule has 184 valence electrons. The molecule has 1 saturated heterocycles. The third kappa shape index (κ3) is 4.60. The van der Waals surface area contributed by atoms with E-state index in [2.05, 4.69) is 15.0 Å². The molecule has 5 rings (SSSR count). The van der Waals surface area contributed by atoms with Crippen molar-refractivity contribution in [2.45, 2.75) is 13.8 Å². The number of aliphatic hydroxyl groups is 1. The summed E-state index contributed by atoms with van der Waals surface area (Å²) >= 11 is 0. The first kappa shape index (κ1) is 23.3. The van der Waals surface area contributed by atoms with E-state index in [4.69, 9.17) is 24.6 Å². The first-order chi connectivity index (χ1) is 17.1. The van der Waals surface area contributed by atoms with Crippen LogP contribution < -0.4 is 4.74 Å². The van der Waals surface area contributed by atoms with Crippen molar-refractivity contribution in [3.8, 4) is 5.88 Å². The number of ether oxygens (including phenoxy) is 3. The highest BCUT2D eigenvalue weighted by Gasteiger charge is 2.28. The van der Waals surface area contributed by atoms with E-state index >= 15 is 0 Å². The van der Waals surface area contributed by atoms with Gasteiger partial charge in [-0.05, 0) is 31.5 Å². The van der Waals surface area contributed by atoms with E-state index in [0.717, 1.165) is 60.9 Å². The molecule has 35 heavy (non-hydrogen) atoms. The van der Waals surface area contributed by atoms with Gasteiger partial charge in [0.2, 0.25) is 0 Å². The highest BCUT2D eigenvalue weighted by molar-refractivity contribution is 6.54. The molecule has 2 aliphatic rings. The molecule has 10 nitrogen and oxygen atoms in total. The molecule has 1 fully saturated rings. The van der Waals surface area contributed by atoms with Crippen LogP contribution in [0, 0.1) is 19.3 Å². The molecule has 1 aliphatic heterocycles. The molecule has 0 spiro atoms. The van der Waals surface area contributed by atoms with Crippen molar-refractivity contribution in [2.24, 2.45) is 4.99 Å². The van der Waals surface area contributed by atoms with Gasteiger partial charge >= 0.3 is 0 Å². The van der Waals surface area contributed by atoms with Crippen molar-refractivity contribution in [3.05, 3.63) is 53.0 Å². The van der Waals surface area contributed by atoms with E-state index < -0.39 is 0 Å². The highest BCUT2D eigenvalue weighted by Crippen LogP contribution is 2.35. The Kier molecular flexibility index (Phi) is 6.67. The maximum atomic E-state index is 9.24.